The Morgan fingerprint density at radius 3 is 2.46 bits per heavy atom. The molecule has 11 heteroatoms. The molecule has 5 unspecified atom stereocenters. The van der Waals surface area contributed by atoms with Gasteiger partial charge in [0.25, 0.3) is 0 Å². The third kappa shape index (κ3) is 8.23. The number of amides is 2. The minimum absolute atomic E-state index is 0.0169. The van der Waals surface area contributed by atoms with Gasteiger partial charge >= 0.3 is 11.6 Å². The number of aliphatic hydroxyl groups is 2. The van der Waals surface area contributed by atoms with Gasteiger partial charge in [-0.3, -0.25) is 9.59 Å². The molecule has 4 fully saturated rings. The molecule has 4 saturated carbocycles. The lowest BCUT2D eigenvalue weighted by Gasteiger charge is -2.62. The molecule has 0 saturated heterocycles. The fraction of sp³-hybridized carbons (Fsp3) is 0.721. The fourth-order valence-corrected chi connectivity index (χ4v) is 11.8. The van der Waals surface area contributed by atoms with Crippen LogP contribution in [0, 0.1) is 46.3 Å². The average molecular weight is 751 g/mol. The number of methoxy groups -OCH3 is 2. The largest absolute Gasteiger partial charge is 0.497 e. The highest BCUT2D eigenvalue weighted by atomic mass is 16.5. The van der Waals surface area contributed by atoms with Crippen LogP contribution in [0.2, 0.25) is 0 Å². The summed E-state index contributed by atoms with van der Waals surface area (Å²) in [7, 11) is 2.85. The number of ether oxygens (including phenoxy) is 2. The van der Waals surface area contributed by atoms with Crippen LogP contribution >= 0.6 is 0 Å². The Kier molecular flexibility index (Phi) is 12.5. The van der Waals surface area contributed by atoms with Crippen LogP contribution in [0.4, 0.5) is 0 Å². The Hall–Kier alpha value is -3.44. The molecule has 11 atom stereocenters. The van der Waals surface area contributed by atoms with E-state index in [1.165, 1.54) is 20.3 Å². The second-order valence-electron chi connectivity index (χ2n) is 17.6. The Balaban J connectivity index is 0.953. The van der Waals surface area contributed by atoms with Crippen molar-refractivity contribution in [2.24, 2.45) is 46.3 Å². The van der Waals surface area contributed by atoms with E-state index in [0.717, 1.165) is 57.8 Å². The lowest BCUT2D eigenvalue weighted by atomic mass is 9.43. The Morgan fingerprint density at radius 1 is 0.944 bits per heavy atom. The van der Waals surface area contributed by atoms with E-state index in [1.54, 1.807) is 18.2 Å². The van der Waals surface area contributed by atoms with Gasteiger partial charge in [-0.2, -0.15) is 0 Å². The van der Waals surface area contributed by atoms with Crippen LogP contribution in [0.3, 0.4) is 0 Å². The van der Waals surface area contributed by atoms with Crippen molar-refractivity contribution in [3.8, 4) is 5.75 Å². The van der Waals surface area contributed by atoms with Crippen LogP contribution < -0.4 is 21.0 Å². The highest BCUT2D eigenvalue weighted by Gasteiger charge is 2.62. The molecule has 4 aliphatic rings. The van der Waals surface area contributed by atoms with Crippen LogP contribution in [0.5, 0.6) is 5.75 Å². The van der Waals surface area contributed by atoms with Crippen molar-refractivity contribution >= 4 is 28.8 Å². The predicted octanol–water partition coefficient (Wildman–Crippen LogP) is 5.70. The number of hydrogen-bond donors (Lipinski definition) is 4. The SMILES string of the molecule is COC(=O)[C@H](CCCCNC(=O)Cc1cc(=O)oc2cc(OC)ccc12)NC(=O)CC[C@@H](C)C1CCC2C3C(CC[C@@]21C)[C@@]1(C)CC[C@@H](O)CC1C[C@H]3O. The Labute approximate surface area is 319 Å². The molecule has 1 aromatic carbocycles. The number of esters is 1. The summed E-state index contributed by atoms with van der Waals surface area (Å²) in [4.78, 5) is 50.7. The molecular formula is C43H62N2O9. The van der Waals surface area contributed by atoms with Crippen LogP contribution in [-0.2, 0) is 25.5 Å². The first-order valence-corrected chi connectivity index (χ1v) is 20.4. The molecule has 6 rings (SSSR count). The van der Waals surface area contributed by atoms with Gasteiger partial charge in [0.2, 0.25) is 11.8 Å². The molecule has 4 aliphatic carbocycles. The molecule has 54 heavy (non-hydrogen) atoms. The lowest BCUT2D eigenvalue weighted by molar-refractivity contribution is -0.174. The molecular weight excluding hydrogens is 688 g/mol. The van der Waals surface area contributed by atoms with Crippen molar-refractivity contribution in [3.63, 3.8) is 0 Å². The van der Waals surface area contributed by atoms with E-state index in [-0.39, 0.29) is 41.3 Å². The summed E-state index contributed by atoms with van der Waals surface area (Å²) in [5, 5.41) is 28.5. The van der Waals surface area contributed by atoms with E-state index in [9.17, 15) is 29.4 Å². The first-order chi connectivity index (χ1) is 25.8. The topological polar surface area (TPSA) is 164 Å². The van der Waals surface area contributed by atoms with E-state index in [0.29, 0.717) is 90.0 Å². The number of nitrogens with one attached hydrogen (secondary N) is 2. The maximum absolute atomic E-state index is 13.2. The molecule has 11 nitrogen and oxygen atoms in total. The van der Waals surface area contributed by atoms with Crippen molar-refractivity contribution in [1.29, 1.82) is 0 Å². The summed E-state index contributed by atoms with van der Waals surface area (Å²) < 4.78 is 15.5. The predicted molar refractivity (Wildman–Crippen MR) is 205 cm³/mol. The highest BCUT2D eigenvalue weighted by Crippen LogP contribution is 2.68. The van der Waals surface area contributed by atoms with Crippen molar-refractivity contribution in [2.75, 3.05) is 20.8 Å². The molecule has 298 valence electrons. The van der Waals surface area contributed by atoms with Gasteiger partial charge in [-0.25, -0.2) is 9.59 Å². The third-order valence-electron chi connectivity index (χ3n) is 14.7. The lowest BCUT2D eigenvalue weighted by Crippen LogP contribution is -2.58. The molecule has 0 spiro atoms. The molecule has 1 aromatic heterocycles. The minimum atomic E-state index is -0.761. The summed E-state index contributed by atoms with van der Waals surface area (Å²) in [6.45, 7) is 7.55. The fourth-order valence-electron chi connectivity index (χ4n) is 11.8. The Bertz CT molecular complexity index is 1730. The second-order valence-corrected chi connectivity index (χ2v) is 17.6. The maximum atomic E-state index is 13.2. The van der Waals surface area contributed by atoms with Crippen molar-refractivity contribution in [2.45, 2.75) is 129 Å². The Morgan fingerprint density at radius 2 is 1.70 bits per heavy atom. The normalized spacial score (nSPS) is 32.8. The number of hydrogen-bond acceptors (Lipinski definition) is 9. The van der Waals surface area contributed by atoms with E-state index in [2.05, 4.69) is 31.4 Å². The number of aliphatic hydroxyl groups excluding tert-OH is 2. The number of benzene rings is 1. The molecule has 1 heterocycles. The maximum Gasteiger partial charge on any atom is 0.336 e. The highest BCUT2D eigenvalue weighted by molar-refractivity contribution is 5.87. The summed E-state index contributed by atoms with van der Waals surface area (Å²) in [5.74, 6) is 2.19. The molecule has 2 amide bonds. The van der Waals surface area contributed by atoms with Gasteiger partial charge in [0, 0.05) is 30.5 Å². The molecule has 0 aliphatic heterocycles. The zero-order valence-electron chi connectivity index (χ0n) is 32.9. The van der Waals surface area contributed by atoms with Crippen LogP contribution in [0.15, 0.2) is 33.5 Å². The van der Waals surface area contributed by atoms with Gasteiger partial charge in [-0.1, -0.05) is 20.8 Å². The monoisotopic (exact) mass is 750 g/mol. The summed E-state index contributed by atoms with van der Waals surface area (Å²) in [6, 6.07) is 5.70. The zero-order chi connectivity index (χ0) is 38.8. The van der Waals surface area contributed by atoms with Gasteiger partial charge in [0.05, 0.1) is 32.8 Å². The van der Waals surface area contributed by atoms with Crippen LogP contribution in [0.25, 0.3) is 11.0 Å². The standard InChI is InChI=1S/C43H62N2O9/c1-25(31-12-13-32-40-33(16-18-43(31,32)3)42(2)17-15-28(46)22-27(42)23-35(40)47)9-14-37(48)45-34(41(51)53-5)8-6-7-19-44-38(49)20-26-21-39(50)54-36-24-29(52-4)10-11-30(26)36/h10-11,21,24-25,27-28,31-35,40,46-47H,6-9,12-20,22-23H2,1-5H3,(H,44,49)(H,45,48)/t25-,27?,28-,31?,32?,33?,34+,35-,40?,42+,43-/m1/s1. The summed E-state index contributed by atoms with van der Waals surface area (Å²) in [5.41, 5.74) is 0.717. The number of carbonyl (C=O) groups excluding carboxylic acids is 3. The first kappa shape index (κ1) is 40.2. The van der Waals surface area contributed by atoms with E-state index in [1.807, 2.05) is 0 Å². The van der Waals surface area contributed by atoms with E-state index in [4.69, 9.17) is 13.9 Å². The van der Waals surface area contributed by atoms with Gasteiger partial charge < -0.3 is 34.7 Å². The van der Waals surface area contributed by atoms with Gasteiger partial charge in [-0.15, -0.1) is 0 Å². The second kappa shape index (κ2) is 16.7. The van der Waals surface area contributed by atoms with E-state index < -0.39 is 17.6 Å². The van der Waals surface area contributed by atoms with Crippen LogP contribution in [0.1, 0.15) is 110 Å². The average Bonchev–Trinajstić information content (AvgIpc) is 3.50. The minimum Gasteiger partial charge on any atom is -0.497 e. The van der Waals surface area contributed by atoms with Gasteiger partial charge in [-0.05, 0) is 141 Å². The smallest absolute Gasteiger partial charge is 0.336 e. The zero-order valence-corrected chi connectivity index (χ0v) is 32.9. The van der Waals surface area contributed by atoms with Crippen molar-refractivity contribution in [1.82, 2.24) is 10.6 Å². The number of fused-ring (bicyclic) bond motifs is 6. The van der Waals surface area contributed by atoms with Gasteiger partial charge in [0.1, 0.15) is 17.4 Å². The van der Waals surface area contributed by atoms with Gasteiger partial charge in [0.15, 0.2) is 0 Å². The van der Waals surface area contributed by atoms with Crippen molar-refractivity contribution in [3.05, 3.63) is 40.2 Å². The number of carbonyl (C=O) groups is 3. The van der Waals surface area contributed by atoms with Crippen molar-refractivity contribution < 1.29 is 38.5 Å². The number of rotatable bonds is 14. The molecule has 2 aromatic rings. The van der Waals surface area contributed by atoms with E-state index >= 15 is 0 Å². The quantitative estimate of drug-likeness (QED) is 0.108. The molecule has 4 N–H and O–H groups in total. The number of unbranched alkanes of at least 4 members (excludes halogenated alkanes) is 1. The summed E-state index contributed by atoms with van der Waals surface area (Å²) in [6.07, 6.45) is 10.2. The third-order valence-corrected chi connectivity index (χ3v) is 14.7. The van der Waals surface area contributed by atoms with Crippen LogP contribution in [-0.4, -0.2) is 67.0 Å². The molecule has 0 bridgehead atoms. The summed E-state index contributed by atoms with van der Waals surface area (Å²) >= 11 is 0. The first-order valence-electron chi connectivity index (χ1n) is 20.4. The molecule has 0 radical (unpaired) electrons.